The van der Waals surface area contributed by atoms with E-state index in [9.17, 15) is 0 Å². The van der Waals surface area contributed by atoms with Gasteiger partial charge in [0, 0.05) is 6.54 Å². The molecule has 0 aromatic carbocycles. The van der Waals surface area contributed by atoms with Crippen LogP contribution in [0.4, 0.5) is 11.9 Å². The summed E-state index contributed by atoms with van der Waals surface area (Å²) in [6.07, 6.45) is 5.02. The normalized spacial score (nSPS) is 16.6. The second-order valence-corrected chi connectivity index (χ2v) is 4.90. The highest BCUT2D eigenvalue weighted by Gasteiger charge is 2.34. The number of nitrogens with one attached hydrogen (secondary N) is 2. The molecule has 7 heteroatoms. The molecule has 0 bridgehead atoms. The van der Waals surface area contributed by atoms with Crippen LogP contribution in [0, 0.1) is 5.41 Å². The first-order chi connectivity index (χ1) is 9.21. The lowest BCUT2D eigenvalue weighted by atomic mass is 9.67. The van der Waals surface area contributed by atoms with Gasteiger partial charge in [0.15, 0.2) is 0 Å². The van der Waals surface area contributed by atoms with Gasteiger partial charge in [-0.05, 0) is 31.6 Å². The summed E-state index contributed by atoms with van der Waals surface area (Å²) in [4.78, 5) is 12.4. The Balaban J connectivity index is 2.04. The Morgan fingerprint density at radius 2 is 1.95 bits per heavy atom. The van der Waals surface area contributed by atoms with Gasteiger partial charge in [0.1, 0.15) is 0 Å². The molecule has 0 aliphatic heterocycles. The van der Waals surface area contributed by atoms with Crippen molar-refractivity contribution in [2.45, 2.75) is 39.5 Å². The molecule has 0 unspecified atom stereocenters. The second kappa shape index (κ2) is 6.01. The zero-order chi connectivity index (χ0) is 13.7. The van der Waals surface area contributed by atoms with Crippen LogP contribution >= 0.6 is 0 Å². The lowest BCUT2D eigenvalue weighted by Gasteiger charge is -2.41. The van der Waals surface area contributed by atoms with Gasteiger partial charge < -0.3 is 10.1 Å². The first-order valence-corrected chi connectivity index (χ1v) is 6.81. The van der Waals surface area contributed by atoms with Crippen molar-refractivity contribution in [3.63, 3.8) is 0 Å². The summed E-state index contributed by atoms with van der Waals surface area (Å²) in [6.45, 7) is 5.50. The van der Waals surface area contributed by atoms with E-state index in [2.05, 4.69) is 32.6 Å². The third-order valence-corrected chi connectivity index (χ3v) is 3.80. The smallest absolute Gasteiger partial charge is 0.323 e. The Morgan fingerprint density at radius 1 is 1.21 bits per heavy atom. The molecular formula is C12H22N6O. The standard InChI is InChI=1S/C12H22N6O/c1-3-12(6-5-7-12)8-14-9-15-10(18-13)17-11(16-9)19-4-2/h3-8,13H2,1-2H3,(H2,14,15,16,17,18). The number of nitrogen functional groups attached to an aromatic ring is 1. The lowest BCUT2D eigenvalue weighted by molar-refractivity contribution is 0.144. The van der Waals surface area contributed by atoms with Gasteiger partial charge in [-0.15, -0.1) is 0 Å². The molecule has 0 atom stereocenters. The lowest BCUT2D eigenvalue weighted by Crippen LogP contribution is -2.36. The summed E-state index contributed by atoms with van der Waals surface area (Å²) in [5.74, 6) is 6.15. The third kappa shape index (κ3) is 3.23. The largest absolute Gasteiger partial charge is 0.464 e. The van der Waals surface area contributed by atoms with Crippen LogP contribution in [0.15, 0.2) is 0 Å². The second-order valence-electron chi connectivity index (χ2n) is 4.90. The van der Waals surface area contributed by atoms with E-state index < -0.39 is 0 Å². The average molecular weight is 266 g/mol. The fourth-order valence-corrected chi connectivity index (χ4v) is 2.29. The Kier molecular flexibility index (Phi) is 4.36. The number of hydrogen-bond acceptors (Lipinski definition) is 7. The van der Waals surface area contributed by atoms with E-state index in [1.165, 1.54) is 25.7 Å². The molecule has 1 saturated carbocycles. The highest BCUT2D eigenvalue weighted by Crippen LogP contribution is 2.43. The van der Waals surface area contributed by atoms with Gasteiger partial charge in [0.25, 0.3) is 0 Å². The molecule has 0 saturated heterocycles. The first-order valence-electron chi connectivity index (χ1n) is 6.81. The molecule has 106 valence electrons. The van der Waals surface area contributed by atoms with Gasteiger partial charge in [0.2, 0.25) is 11.9 Å². The van der Waals surface area contributed by atoms with E-state index >= 15 is 0 Å². The molecule has 1 fully saturated rings. The summed E-state index contributed by atoms with van der Waals surface area (Å²) in [6, 6.07) is 0.284. The van der Waals surface area contributed by atoms with Crippen molar-refractivity contribution < 1.29 is 4.74 Å². The van der Waals surface area contributed by atoms with Crippen molar-refractivity contribution in [3.05, 3.63) is 0 Å². The number of hydrazine groups is 1. The predicted octanol–water partition coefficient (Wildman–Crippen LogP) is 1.55. The minimum Gasteiger partial charge on any atom is -0.464 e. The van der Waals surface area contributed by atoms with Crippen molar-refractivity contribution in [1.29, 1.82) is 0 Å². The highest BCUT2D eigenvalue weighted by atomic mass is 16.5. The number of aromatic nitrogens is 3. The zero-order valence-corrected chi connectivity index (χ0v) is 11.6. The summed E-state index contributed by atoms with van der Waals surface area (Å²) >= 11 is 0. The topological polar surface area (TPSA) is 98.0 Å². The van der Waals surface area contributed by atoms with Crippen molar-refractivity contribution in [2.75, 3.05) is 23.9 Å². The van der Waals surface area contributed by atoms with E-state index in [1.54, 1.807) is 0 Å². The van der Waals surface area contributed by atoms with E-state index in [0.717, 1.165) is 6.54 Å². The summed E-state index contributed by atoms with van der Waals surface area (Å²) in [7, 11) is 0. The fourth-order valence-electron chi connectivity index (χ4n) is 2.29. The number of nitrogens with two attached hydrogens (primary N) is 1. The maximum Gasteiger partial charge on any atom is 0.323 e. The highest BCUT2D eigenvalue weighted by molar-refractivity contribution is 5.35. The van der Waals surface area contributed by atoms with Crippen molar-refractivity contribution in [3.8, 4) is 6.01 Å². The van der Waals surface area contributed by atoms with Crippen LogP contribution in [0.3, 0.4) is 0 Å². The minimum atomic E-state index is 0.284. The molecule has 1 aromatic rings. The Bertz CT molecular complexity index is 415. The number of rotatable bonds is 7. The molecule has 0 amide bonds. The third-order valence-electron chi connectivity index (χ3n) is 3.80. The molecule has 0 spiro atoms. The average Bonchev–Trinajstić information content (AvgIpc) is 2.38. The van der Waals surface area contributed by atoms with Crippen LogP contribution in [0.5, 0.6) is 6.01 Å². The number of nitrogens with zero attached hydrogens (tertiary/aromatic N) is 3. The zero-order valence-electron chi connectivity index (χ0n) is 11.6. The van der Waals surface area contributed by atoms with E-state index in [-0.39, 0.29) is 6.01 Å². The van der Waals surface area contributed by atoms with Crippen LogP contribution in [-0.2, 0) is 0 Å². The Labute approximate surface area is 113 Å². The van der Waals surface area contributed by atoms with Crippen molar-refractivity contribution in [2.24, 2.45) is 11.3 Å². The van der Waals surface area contributed by atoms with Crippen LogP contribution in [0.2, 0.25) is 0 Å². The van der Waals surface area contributed by atoms with Gasteiger partial charge in [-0.2, -0.15) is 15.0 Å². The molecule has 1 heterocycles. The van der Waals surface area contributed by atoms with Crippen molar-refractivity contribution in [1.82, 2.24) is 15.0 Å². The summed E-state index contributed by atoms with van der Waals surface area (Å²) in [5.41, 5.74) is 2.82. The molecule has 2 rings (SSSR count). The molecule has 7 nitrogen and oxygen atoms in total. The van der Waals surface area contributed by atoms with E-state index in [1.807, 2.05) is 6.92 Å². The van der Waals surface area contributed by atoms with Crippen molar-refractivity contribution >= 4 is 11.9 Å². The van der Waals surface area contributed by atoms with Gasteiger partial charge in [-0.3, -0.25) is 5.43 Å². The van der Waals surface area contributed by atoms with Crippen LogP contribution in [-0.4, -0.2) is 28.1 Å². The summed E-state index contributed by atoms with van der Waals surface area (Å²) in [5, 5.41) is 3.27. The maximum absolute atomic E-state index is 5.34. The maximum atomic E-state index is 5.34. The van der Waals surface area contributed by atoms with Crippen LogP contribution < -0.4 is 21.3 Å². The molecule has 1 aliphatic rings. The quantitative estimate of drug-likeness (QED) is 0.508. The number of ether oxygens (including phenoxy) is 1. The molecule has 0 radical (unpaired) electrons. The molecule has 19 heavy (non-hydrogen) atoms. The number of hydrogen-bond donors (Lipinski definition) is 3. The molecule has 4 N–H and O–H groups in total. The van der Waals surface area contributed by atoms with Gasteiger partial charge in [-0.1, -0.05) is 13.3 Å². The van der Waals surface area contributed by atoms with Gasteiger partial charge in [0.05, 0.1) is 6.61 Å². The molecule has 1 aliphatic carbocycles. The molecule has 1 aromatic heterocycles. The SMILES string of the molecule is CCOc1nc(NN)nc(NCC2(CC)CCC2)n1. The monoisotopic (exact) mass is 266 g/mol. The fraction of sp³-hybridized carbons (Fsp3) is 0.750. The van der Waals surface area contributed by atoms with E-state index in [4.69, 9.17) is 10.6 Å². The predicted molar refractivity (Wildman–Crippen MR) is 73.9 cm³/mol. The van der Waals surface area contributed by atoms with Gasteiger partial charge >= 0.3 is 6.01 Å². The minimum absolute atomic E-state index is 0.284. The van der Waals surface area contributed by atoms with Crippen LogP contribution in [0.25, 0.3) is 0 Å². The molecular weight excluding hydrogens is 244 g/mol. The van der Waals surface area contributed by atoms with Gasteiger partial charge in [-0.25, -0.2) is 5.84 Å². The van der Waals surface area contributed by atoms with Crippen LogP contribution in [0.1, 0.15) is 39.5 Å². The number of anilines is 2. The Morgan fingerprint density at radius 3 is 2.47 bits per heavy atom. The Hall–Kier alpha value is -1.63. The van der Waals surface area contributed by atoms with E-state index in [0.29, 0.717) is 23.9 Å². The first kappa shape index (κ1) is 13.8. The summed E-state index contributed by atoms with van der Waals surface area (Å²) < 4.78 is 5.29.